The van der Waals surface area contributed by atoms with Gasteiger partial charge in [0.1, 0.15) is 6.61 Å². The van der Waals surface area contributed by atoms with Crippen LogP contribution in [0.2, 0.25) is 0 Å². The van der Waals surface area contributed by atoms with Crippen molar-refractivity contribution in [3.05, 3.63) is 0 Å². The topological polar surface area (TPSA) is 41.6 Å². The van der Waals surface area contributed by atoms with Crippen molar-refractivity contribution in [2.24, 2.45) is 0 Å². The lowest BCUT2D eigenvalue weighted by molar-refractivity contribution is 0.150. The van der Waals surface area contributed by atoms with E-state index >= 15 is 0 Å². The molecule has 5 heteroatoms. The lowest BCUT2D eigenvalue weighted by atomic mass is 10.1. The maximum atomic E-state index is 11.0. The Morgan fingerprint density at radius 3 is 3.17 bits per heavy atom. The number of hydrogen-bond acceptors (Lipinski definition) is 3. The van der Waals surface area contributed by atoms with E-state index in [4.69, 9.17) is 4.74 Å². The molecule has 0 saturated carbocycles. The van der Waals surface area contributed by atoms with Gasteiger partial charge in [0.05, 0.1) is 6.04 Å². The van der Waals surface area contributed by atoms with Gasteiger partial charge in [-0.1, -0.05) is 0 Å². The van der Waals surface area contributed by atoms with Crippen molar-refractivity contribution in [2.75, 3.05) is 19.7 Å². The molecule has 0 unspecified atom stereocenters. The van der Waals surface area contributed by atoms with Crippen LogP contribution >= 0.6 is 12.4 Å². The summed E-state index contributed by atoms with van der Waals surface area (Å²) < 4.78 is 4.90. The number of cyclic esters (lactones) is 1. The van der Waals surface area contributed by atoms with E-state index in [1.807, 2.05) is 0 Å². The standard InChI is InChI=1S/C7H12N2O2.ClH/c1-5-3-9-6(2-8-5)4-11-7(9)10;/h5-6,8H,2-4H2,1H3;1H/t5-,6-;/m1./s1. The molecule has 2 rings (SSSR count). The Bertz CT molecular complexity index is 188. The summed E-state index contributed by atoms with van der Waals surface area (Å²) in [6.45, 7) is 4.27. The van der Waals surface area contributed by atoms with Crippen molar-refractivity contribution in [1.29, 1.82) is 0 Å². The van der Waals surface area contributed by atoms with Gasteiger partial charge in [0.2, 0.25) is 0 Å². The molecule has 2 aliphatic rings. The Labute approximate surface area is 77.7 Å². The van der Waals surface area contributed by atoms with Gasteiger partial charge in [-0.3, -0.25) is 4.90 Å². The summed E-state index contributed by atoms with van der Waals surface area (Å²) in [5, 5.41) is 3.30. The summed E-state index contributed by atoms with van der Waals surface area (Å²) in [6.07, 6.45) is -0.150. The van der Waals surface area contributed by atoms with Crippen molar-refractivity contribution < 1.29 is 9.53 Å². The predicted molar refractivity (Wildman–Crippen MR) is 46.6 cm³/mol. The molecule has 2 fully saturated rings. The third kappa shape index (κ3) is 1.49. The lowest BCUT2D eigenvalue weighted by Crippen LogP contribution is -2.54. The van der Waals surface area contributed by atoms with Crippen LogP contribution in [0.4, 0.5) is 4.79 Å². The van der Waals surface area contributed by atoms with Gasteiger partial charge in [-0.05, 0) is 6.92 Å². The monoisotopic (exact) mass is 192 g/mol. The zero-order valence-corrected chi connectivity index (χ0v) is 7.76. The molecule has 4 nitrogen and oxygen atoms in total. The van der Waals surface area contributed by atoms with Gasteiger partial charge in [-0.15, -0.1) is 12.4 Å². The normalized spacial score (nSPS) is 33.8. The van der Waals surface area contributed by atoms with Gasteiger partial charge >= 0.3 is 6.09 Å². The van der Waals surface area contributed by atoms with Gasteiger partial charge in [-0.2, -0.15) is 0 Å². The van der Waals surface area contributed by atoms with Gasteiger partial charge in [0.25, 0.3) is 0 Å². The van der Waals surface area contributed by atoms with E-state index in [-0.39, 0.29) is 24.5 Å². The first-order valence-corrected chi connectivity index (χ1v) is 3.94. The zero-order valence-electron chi connectivity index (χ0n) is 6.95. The first-order valence-electron chi connectivity index (χ1n) is 3.94. The number of amides is 1. The number of nitrogens with zero attached hydrogens (tertiary/aromatic N) is 1. The smallest absolute Gasteiger partial charge is 0.410 e. The highest BCUT2D eigenvalue weighted by Gasteiger charge is 2.36. The summed E-state index contributed by atoms with van der Waals surface area (Å²) >= 11 is 0. The van der Waals surface area contributed by atoms with E-state index in [0.717, 1.165) is 13.1 Å². The molecule has 0 aromatic rings. The van der Waals surface area contributed by atoms with Crippen molar-refractivity contribution in [1.82, 2.24) is 10.2 Å². The van der Waals surface area contributed by atoms with Crippen molar-refractivity contribution in [3.8, 4) is 0 Å². The van der Waals surface area contributed by atoms with E-state index in [2.05, 4.69) is 12.2 Å². The minimum absolute atomic E-state index is 0. The Balaban J connectivity index is 0.000000720. The Hall–Kier alpha value is -0.480. The molecular formula is C7H13ClN2O2. The Kier molecular flexibility index (Phi) is 2.80. The highest BCUT2D eigenvalue weighted by atomic mass is 35.5. The second-order valence-electron chi connectivity index (χ2n) is 3.19. The number of nitrogens with one attached hydrogen (secondary N) is 1. The minimum Gasteiger partial charge on any atom is -0.447 e. The summed E-state index contributed by atoms with van der Waals surface area (Å²) in [5.41, 5.74) is 0. The third-order valence-corrected chi connectivity index (χ3v) is 2.25. The lowest BCUT2D eigenvalue weighted by Gasteiger charge is -2.31. The van der Waals surface area contributed by atoms with Gasteiger partial charge in [-0.25, -0.2) is 4.79 Å². The molecular weight excluding hydrogens is 180 g/mol. The summed E-state index contributed by atoms with van der Waals surface area (Å²) in [5.74, 6) is 0. The molecule has 1 N–H and O–H groups in total. The number of carbonyl (C=O) groups excluding carboxylic acids is 1. The number of ether oxygens (including phenoxy) is 1. The molecule has 0 radical (unpaired) electrons. The molecule has 0 aromatic heterocycles. The molecule has 1 amide bonds. The highest BCUT2D eigenvalue weighted by molar-refractivity contribution is 5.85. The Morgan fingerprint density at radius 1 is 1.67 bits per heavy atom. The fourth-order valence-corrected chi connectivity index (χ4v) is 1.58. The molecule has 0 aromatic carbocycles. The summed E-state index contributed by atoms with van der Waals surface area (Å²) in [4.78, 5) is 12.8. The first-order chi connectivity index (χ1) is 5.27. The average molecular weight is 193 g/mol. The number of piperazine rings is 1. The molecule has 2 atom stereocenters. The number of hydrogen-bond donors (Lipinski definition) is 1. The van der Waals surface area contributed by atoms with Crippen LogP contribution in [0.5, 0.6) is 0 Å². The maximum absolute atomic E-state index is 11.0. The zero-order chi connectivity index (χ0) is 7.84. The van der Waals surface area contributed by atoms with Crippen molar-refractivity contribution >= 4 is 18.5 Å². The van der Waals surface area contributed by atoms with E-state index in [9.17, 15) is 4.79 Å². The van der Waals surface area contributed by atoms with Crippen LogP contribution in [-0.4, -0.2) is 42.8 Å². The van der Waals surface area contributed by atoms with Crippen molar-refractivity contribution in [3.63, 3.8) is 0 Å². The molecule has 2 heterocycles. The van der Waals surface area contributed by atoms with Crippen LogP contribution in [0.25, 0.3) is 0 Å². The van der Waals surface area contributed by atoms with Gasteiger partial charge < -0.3 is 10.1 Å². The maximum Gasteiger partial charge on any atom is 0.410 e. The van der Waals surface area contributed by atoms with Gasteiger partial charge in [0.15, 0.2) is 0 Å². The SMILES string of the molecule is C[C@@H]1CN2C(=O)OC[C@H]2CN1.Cl. The Morgan fingerprint density at radius 2 is 2.42 bits per heavy atom. The van der Waals surface area contributed by atoms with E-state index in [1.165, 1.54) is 0 Å². The first kappa shape index (κ1) is 9.61. The second-order valence-corrected chi connectivity index (χ2v) is 3.19. The van der Waals surface area contributed by atoms with Crippen LogP contribution < -0.4 is 5.32 Å². The minimum atomic E-state index is -0.150. The molecule has 2 saturated heterocycles. The average Bonchev–Trinajstić information content (AvgIpc) is 2.33. The predicted octanol–water partition coefficient (Wildman–Crippen LogP) is 0.221. The molecule has 0 aliphatic carbocycles. The number of carbonyl (C=O) groups is 1. The van der Waals surface area contributed by atoms with E-state index in [0.29, 0.717) is 12.6 Å². The van der Waals surface area contributed by atoms with Crippen LogP contribution in [0.15, 0.2) is 0 Å². The molecule has 70 valence electrons. The van der Waals surface area contributed by atoms with Crippen LogP contribution in [0, 0.1) is 0 Å². The summed E-state index contributed by atoms with van der Waals surface area (Å²) in [6, 6.07) is 0.676. The molecule has 0 bridgehead atoms. The fraction of sp³-hybridized carbons (Fsp3) is 0.857. The molecule has 2 aliphatic heterocycles. The van der Waals surface area contributed by atoms with Crippen LogP contribution in [-0.2, 0) is 4.74 Å². The van der Waals surface area contributed by atoms with Crippen LogP contribution in [0.1, 0.15) is 6.92 Å². The summed E-state index contributed by atoms with van der Waals surface area (Å²) in [7, 11) is 0. The highest BCUT2D eigenvalue weighted by Crippen LogP contribution is 2.15. The van der Waals surface area contributed by atoms with Crippen LogP contribution in [0.3, 0.4) is 0 Å². The fourth-order valence-electron chi connectivity index (χ4n) is 1.58. The quantitative estimate of drug-likeness (QED) is 0.597. The third-order valence-electron chi connectivity index (χ3n) is 2.25. The largest absolute Gasteiger partial charge is 0.447 e. The van der Waals surface area contributed by atoms with E-state index in [1.54, 1.807) is 4.90 Å². The van der Waals surface area contributed by atoms with E-state index < -0.39 is 0 Å². The number of halogens is 1. The molecule has 0 spiro atoms. The second kappa shape index (κ2) is 3.49. The molecule has 12 heavy (non-hydrogen) atoms. The van der Waals surface area contributed by atoms with Crippen molar-refractivity contribution in [2.45, 2.75) is 19.0 Å². The van der Waals surface area contributed by atoms with Gasteiger partial charge in [0, 0.05) is 19.1 Å². The number of rotatable bonds is 0. The number of fused-ring (bicyclic) bond motifs is 1.